The molecule has 0 aliphatic carbocycles. The van der Waals surface area contributed by atoms with Crippen molar-refractivity contribution in [1.29, 1.82) is 0 Å². The SMILES string of the molecule is COc1ccc(CN(Cc2ccc(OC)cc2)S(=O)(=O)[C@@H](C)C(=O)c2ncc(C)cn2)cc1.COc1ccc(CN(Cc2ccc(OC)cc2)S(=O)(=O)[C@H](C)C(=O)c2ncc(C)cn2)cc1.COc1ccc(CN(Cc2ccc(OC)cc2)S(=O)(=O)[C@H](C)[C@H](O)c2ncc(C)cn2)cc1. The number of nitrogens with zero attached hydrogens (tertiary/aromatic N) is 9. The van der Waals surface area contributed by atoms with Crippen molar-refractivity contribution < 1.29 is 68.4 Å². The lowest BCUT2D eigenvalue weighted by molar-refractivity contribution is 0.0971. The van der Waals surface area contributed by atoms with Gasteiger partial charge in [-0.05, 0) is 164 Å². The fourth-order valence-corrected chi connectivity index (χ4v) is 14.1. The molecule has 524 valence electrons. The van der Waals surface area contributed by atoms with E-state index >= 15 is 0 Å². The van der Waals surface area contributed by atoms with Gasteiger partial charge in [0, 0.05) is 76.4 Å². The molecule has 0 radical (unpaired) electrons. The normalized spacial score (nSPS) is 12.8. The first-order valence-electron chi connectivity index (χ1n) is 31.1. The lowest BCUT2D eigenvalue weighted by Crippen LogP contribution is -2.41. The van der Waals surface area contributed by atoms with Crippen LogP contribution in [0.25, 0.3) is 0 Å². The topological polar surface area (TPSA) is 299 Å². The van der Waals surface area contributed by atoms with Crippen LogP contribution >= 0.6 is 0 Å². The first-order chi connectivity index (χ1) is 47.2. The van der Waals surface area contributed by atoms with Crippen LogP contribution in [0.2, 0.25) is 0 Å². The van der Waals surface area contributed by atoms with Gasteiger partial charge in [0.1, 0.15) is 56.4 Å². The average Bonchev–Trinajstić information content (AvgIpc) is 0.815. The second-order valence-corrected chi connectivity index (χ2v) is 29.8. The van der Waals surface area contributed by atoms with E-state index in [2.05, 4.69) is 29.9 Å². The molecule has 0 saturated heterocycles. The summed E-state index contributed by atoms with van der Waals surface area (Å²) >= 11 is 0. The number of rotatable bonds is 30. The van der Waals surface area contributed by atoms with Crippen LogP contribution in [-0.4, -0.2) is 143 Å². The fraction of sp³-hybridized carbons (Fsp3) is 0.306. The average molecular weight is 1410 g/mol. The molecule has 0 unspecified atom stereocenters. The van der Waals surface area contributed by atoms with Gasteiger partial charge in [-0.2, -0.15) is 12.9 Å². The molecule has 0 aliphatic rings. The summed E-state index contributed by atoms with van der Waals surface area (Å²) in [5.74, 6) is 2.58. The lowest BCUT2D eigenvalue weighted by atomic mass is 10.2. The molecular formula is C72H83N9O15S3. The number of sulfonamides is 3. The highest BCUT2D eigenvalue weighted by Gasteiger charge is 2.39. The molecule has 0 bridgehead atoms. The van der Waals surface area contributed by atoms with Crippen LogP contribution in [0.4, 0.5) is 0 Å². The van der Waals surface area contributed by atoms with E-state index in [0.29, 0.717) is 34.5 Å². The highest BCUT2D eigenvalue weighted by Crippen LogP contribution is 2.29. The molecular weight excluding hydrogens is 1330 g/mol. The Bertz CT molecular complexity index is 4060. The summed E-state index contributed by atoms with van der Waals surface area (Å²) < 4.78 is 117. The molecule has 0 aliphatic heterocycles. The highest BCUT2D eigenvalue weighted by molar-refractivity contribution is 7.90. The minimum atomic E-state index is -4.05. The van der Waals surface area contributed by atoms with E-state index in [1.807, 2.05) is 31.2 Å². The van der Waals surface area contributed by atoms with Gasteiger partial charge < -0.3 is 33.5 Å². The number of aliphatic hydroxyl groups is 1. The Kier molecular flexibility index (Phi) is 27.7. The van der Waals surface area contributed by atoms with Gasteiger partial charge in [-0.15, -0.1) is 0 Å². The second-order valence-electron chi connectivity index (χ2n) is 23.0. The van der Waals surface area contributed by atoms with Gasteiger partial charge in [0.05, 0.1) is 42.7 Å². The zero-order valence-electron chi connectivity index (χ0n) is 57.3. The van der Waals surface area contributed by atoms with E-state index < -0.39 is 63.5 Å². The summed E-state index contributed by atoms with van der Waals surface area (Å²) in [6.45, 7) is 10.2. The van der Waals surface area contributed by atoms with E-state index in [1.165, 1.54) is 58.5 Å². The van der Waals surface area contributed by atoms with Crippen LogP contribution in [0.1, 0.15) is 104 Å². The van der Waals surface area contributed by atoms with Gasteiger partial charge in [-0.3, -0.25) is 9.59 Å². The number of aromatic nitrogens is 6. The number of methoxy groups -OCH3 is 6. The number of aliphatic hydroxyl groups excluding tert-OH is 1. The van der Waals surface area contributed by atoms with Crippen molar-refractivity contribution >= 4 is 41.6 Å². The smallest absolute Gasteiger partial charge is 0.224 e. The van der Waals surface area contributed by atoms with Gasteiger partial charge in [0.15, 0.2) is 17.5 Å². The lowest BCUT2D eigenvalue weighted by Gasteiger charge is -2.28. The predicted octanol–water partition coefficient (Wildman–Crippen LogP) is 10.1. The maximum absolute atomic E-state index is 13.6. The molecule has 3 aromatic heterocycles. The largest absolute Gasteiger partial charge is 0.497 e. The summed E-state index contributed by atoms with van der Waals surface area (Å²) in [5.41, 5.74) is 7.02. The molecule has 0 fully saturated rings. The van der Waals surface area contributed by atoms with Crippen molar-refractivity contribution in [3.8, 4) is 34.5 Å². The standard InChI is InChI=1S/C24H29N3O5S.2C24H27N3O5S/c3*1-17-13-25-24(26-14-17)23(28)18(2)33(29,30)27(15-19-5-9-21(31-3)10-6-19)16-20-7-11-22(32-4)12-8-20/h5-14,18,23,28H,15-16H2,1-4H3;2*5-14,18H,15-16H2,1-4H3/t18-,23+;2*18-/m110/s1. The highest BCUT2D eigenvalue weighted by atomic mass is 32.2. The molecule has 0 saturated carbocycles. The molecule has 6 aromatic carbocycles. The maximum atomic E-state index is 13.6. The van der Waals surface area contributed by atoms with E-state index in [-0.39, 0.29) is 56.7 Å². The van der Waals surface area contributed by atoms with Gasteiger partial charge >= 0.3 is 0 Å². The molecule has 24 nitrogen and oxygen atoms in total. The third-order valence-electron chi connectivity index (χ3n) is 15.8. The van der Waals surface area contributed by atoms with Crippen LogP contribution in [0.5, 0.6) is 34.5 Å². The molecule has 0 amide bonds. The van der Waals surface area contributed by atoms with Crippen molar-refractivity contribution in [2.75, 3.05) is 42.7 Å². The fourth-order valence-electron chi connectivity index (χ4n) is 9.60. The maximum Gasteiger partial charge on any atom is 0.224 e. The Balaban J connectivity index is 0.000000209. The van der Waals surface area contributed by atoms with Gasteiger partial charge in [0.25, 0.3) is 0 Å². The summed E-state index contributed by atoms with van der Waals surface area (Å²) in [6.07, 6.45) is 7.70. The van der Waals surface area contributed by atoms with Crippen molar-refractivity contribution in [1.82, 2.24) is 42.8 Å². The Morgan fingerprint density at radius 1 is 0.343 bits per heavy atom. The number of hydrogen-bond donors (Lipinski definition) is 1. The first kappa shape index (κ1) is 76.8. The van der Waals surface area contributed by atoms with Crippen molar-refractivity contribution in [3.63, 3.8) is 0 Å². The van der Waals surface area contributed by atoms with Crippen molar-refractivity contribution in [2.45, 2.75) is 103 Å². The minimum absolute atomic E-state index is 0.0746. The van der Waals surface area contributed by atoms with Crippen molar-refractivity contribution in [2.24, 2.45) is 0 Å². The summed E-state index contributed by atoms with van der Waals surface area (Å²) in [4.78, 5) is 50.1. The number of carbonyl (C=O) groups is 2. The molecule has 27 heteroatoms. The number of hydrogen-bond acceptors (Lipinski definition) is 21. The van der Waals surface area contributed by atoms with Crippen LogP contribution < -0.4 is 28.4 Å². The van der Waals surface area contributed by atoms with Gasteiger partial charge in [-0.25, -0.2) is 55.2 Å². The first-order valence-corrected chi connectivity index (χ1v) is 35.6. The number of Topliss-reactive ketones (excluding diaryl/α,β-unsaturated/α-hetero) is 2. The molecule has 9 aromatic rings. The van der Waals surface area contributed by atoms with Crippen LogP contribution in [0.3, 0.4) is 0 Å². The summed E-state index contributed by atoms with van der Waals surface area (Å²) in [6, 6.07) is 42.9. The van der Waals surface area contributed by atoms with E-state index in [0.717, 1.165) is 50.1 Å². The Morgan fingerprint density at radius 3 is 0.737 bits per heavy atom. The van der Waals surface area contributed by atoms with Gasteiger partial charge in [-0.1, -0.05) is 72.8 Å². The Morgan fingerprint density at radius 2 is 0.535 bits per heavy atom. The third-order valence-corrected chi connectivity index (χ3v) is 22.1. The molecule has 4 atom stereocenters. The van der Waals surface area contributed by atoms with E-state index in [4.69, 9.17) is 28.4 Å². The zero-order valence-corrected chi connectivity index (χ0v) is 59.7. The van der Waals surface area contributed by atoms with Gasteiger partial charge in [0.2, 0.25) is 41.6 Å². The number of ketones is 2. The van der Waals surface area contributed by atoms with Crippen LogP contribution in [0.15, 0.2) is 183 Å². The minimum Gasteiger partial charge on any atom is -0.497 e. The molecule has 1 N–H and O–H groups in total. The molecule has 0 spiro atoms. The predicted molar refractivity (Wildman–Crippen MR) is 375 cm³/mol. The van der Waals surface area contributed by atoms with Crippen molar-refractivity contribution in [3.05, 3.63) is 250 Å². The Labute approximate surface area is 579 Å². The quantitative estimate of drug-likeness (QED) is 0.0409. The van der Waals surface area contributed by atoms with Crippen LogP contribution in [0, 0.1) is 20.8 Å². The zero-order chi connectivity index (χ0) is 72.0. The Hall–Kier alpha value is -9.61. The van der Waals surface area contributed by atoms with E-state index in [1.54, 1.807) is 190 Å². The molecule has 9 rings (SSSR count). The van der Waals surface area contributed by atoms with Crippen LogP contribution in [-0.2, 0) is 69.3 Å². The second kappa shape index (κ2) is 35.8. The summed E-state index contributed by atoms with van der Waals surface area (Å²) in [5, 5.41) is 6.91. The third kappa shape index (κ3) is 21.2. The number of aryl methyl sites for hydroxylation is 3. The monoisotopic (exact) mass is 1410 g/mol. The molecule has 3 heterocycles. The number of ether oxygens (including phenoxy) is 6. The summed E-state index contributed by atoms with van der Waals surface area (Å²) in [7, 11) is -2.62. The van der Waals surface area contributed by atoms with E-state index in [9.17, 15) is 39.9 Å². The molecule has 99 heavy (non-hydrogen) atoms. The number of carbonyl (C=O) groups excluding carboxylic acids is 2. The number of benzene rings is 6.